The van der Waals surface area contributed by atoms with Crippen molar-refractivity contribution >= 4 is 17.8 Å². The van der Waals surface area contributed by atoms with E-state index in [4.69, 9.17) is 14.2 Å². The Morgan fingerprint density at radius 1 is 0.892 bits per heavy atom. The zero-order chi connectivity index (χ0) is 27.1. The zero-order valence-corrected chi connectivity index (χ0v) is 20.7. The van der Waals surface area contributed by atoms with Gasteiger partial charge in [0.2, 0.25) is 5.75 Å². The summed E-state index contributed by atoms with van der Waals surface area (Å²) < 4.78 is 42.9. The molecule has 194 valence electrons. The molecule has 0 saturated carbocycles. The van der Waals surface area contributed by atoms with Crippen LogP contribution in [0.4, 0.5) is 8.78 Å². The van der Waals surface area contributed by atoms with Crippen LogP contribution in [0.5, 0.6) is 11.5 Å². The van der Waals surface area contributed by atoms with Crippen LogP contribution >= 0.6 is 0 Å². The van der Waals surface area contributed by atoms with Gasteiger partial charge in [-0.1, -0.05) is 24.3 Å². The topological polar surface area (TPSA) is 104 Å². The average Bonchev–Trinajstić information content (AvgIpc) is 2.86. The molecule has 1 heterocycles. The van der Waals surface area contributed by atoms with Gasteiger partial charge in [-0.05, 0) is 49.2 Å². The van der Waals surface area contributed by atoms with E-state index < -0.39 is 47.5 Å². The lowest BCUT2D eigenvalue weighted by atomic mass is 9.87. The summed E-state index contributed by atoms with van der Waals surface area (Å²) in [7, 11) is 1.34. The maximum atomic E-state index is 13.5. The van der Waals surface area contributed by atoms with Crippen molar-refractivity contribution in [1.29, 1.82) is 0 Å². The van der Waals surface area contributed by atoms with Crippen molar-refractivity contribution in [2.75, 3.05) is 7.11 Å². The second kappa shape index (κ2) is 12.1. The van der Waals surface area contributed by atoms with E-state index in [1.54, 1.807) is 31.2 Å². The number of carbonyl (C=O) groups is 3. The van der Waals surface area contributed by atoms with Crippen LogP contribution in [0.15, 0.2) is 60.8 Å². The number of amides is 1. The first-order chi connectivity index (χ1) is 17.6. The van der Waals surface area contributed by atoms with Crippen LogP contribution in [0, 0.1) is 11.6 Å². The SMILES string of the molecule is COc1ccnc(C(=O)NC(C)C(=O)OC(C)C(c2ccc(F)cc2)c2ccc(F)cc2)c1OC(C)=O. The number of pyridine rings is 1. The average molecular weight is 513 g/mol. The van der Waals surface area contributed by atoms with Crippen molar-refractivity contribution in [3.05, 3.63) is 89.2 Å². The van der Waals surface area contributed by atoms with Gasteiger partial charge in [0, 0.05) is 25.1 Å². The smallest absolute Gasteiger partial charge is 0.328 e. The molecule has 0 aliphatic rings. The molecule has 0 spiro atoms. The number of hydrogen-bond acceptors (Lipinski definition) is 7. The number of nitrogens with zero attached hydrogens (tertiary/aromatic N) is 1. The number of methoxy groups -OCH3 is 1. The molecule has 2 atom stereocenters. The maximum absolute atomic E-state index is 13.5. The number of rotatable bonds is 9. The molecular formula is C27H26F2N2O6. The molecule has 10 heteroatoms. The van der Waals surface area contributed by atoms with Gasteiger partial charge in [0.25, 0.3) is 5.91 Å². The molecule has 37 heavy (non-hydrogen) atoms. The largest absolute Gasteiger partial charge is 0.493 e. The molecule has 0 fully saturated rings. The summed E-state index contributed by atoms with van der Waals surface area (Å²) >= 11 is 0. The van der Waals surface area contributed by atoms with Crippen LogP contribution in [0.25, 0.3) is 0 Å². The first kappa shape index (κ1) is 27.3. The highest BCUT2D eigenvalue weighted by molar-refractivity contribution is 5.98. The summed E-state index contributed by atoms with van der Waals surface area (Å²) in [5.74, 6) is -3.70. The number of carbonyl (C=O) groups excluding carboxylic acids is 3. The highest BCUT2D eigenvalue weighted by Gasteiger charge is 2.29. The number of nitrogens with one attached hydrogen (secondary N) is 1. The Labute approximate surface area is 212 Å². The molecule has 3 rings (SSSR count). The number of hydrogen-bond donors (Lipinski definition) is 1. The molecule has 0 saturated heterocycles. The van der Waals surface area contributed by atoms with Gasteiger partial charge in [0.05, 0.1) is 7.11 Å². The van der Waals surface area contributed by atoms with Crippen LogP contribution in [-0.2, 0) is 14.3 Å². The van der Waals surface area contributed by atoms with Crippen LogP contribution < -0.4 is 14.8 Å². The Hall–Kier alpha value is -4.34. The molecule has 0 bridgehead atoms. The van der Waals surface area contributed by atoms with Gasteiger partial charge in [-0.15, -0.1) is 0 Å². The highest BCUT2D eigenvalue weighted by Crippen LogP contribution is 2.31. The molecule has 1 N–H and O–H groups in total. The number of halogens is 2. The van der Waals surface area contributed by atoms with E-state index in [-0.39, 0.29) is 17.2 Å². The van der Waals surface area contributed by atoms with Crippen molar-refractivity contribution < 1.29 is 37.4 Å². The lowest BCUT2D eigenvalue weighted by Crippen LogP contribution is -2.41. The number of benzene rings is 2. The Morgan fingerprint density at radius 3 is 1.92 bits per heavy atom. The summed E-state index contributed by atoms with van der Waals surface area (Å²) in [6, 6.07) is 11.7. The Bertz CT molecular complexity index is 1220. The van der Waals surface area contributed by atoms with Crippen LogP contribution in [0.3, 0.4) is 0 Å². The van der Waals surface area contributed by atoms with Crippen molar-refractivity contribution in [2.45, 2.75) is 38.8 Å². The number of ether oxygens (including phenoxy) is 3. The van der Waals surface area contributed by atoms with E-state index in [0.717, 1.165) is 6.92 Å². The molecular weight excluding hydrogens is 486 g/mol. The van der Waals surface area contributed by atoms with E-state index in [1.165, 1.54) is 50.6 Å². The lowest BCUT2D eigenvalue weighted by molar-refractivity contribution is -0.150. The lowest BCUT2D eigenvalue weighted by Gasteiger charge is -2.26. The fourth-order valence-corrected chi connectivity index (χ4v) is 3.75. The molecule has 0 aliphatic heterocycles. The van der Waals surface area contributed by atoms with Gasteiger partial charge in [-0.2, -0.15) is 0 Å². The summed E-state index contributed by atoms with van der Waals surface area (Å²) in [5, 5.41) is 2.48. The fourth-order valence-electron chi connectivity index (χ4n) is 3.75. The monoisotopic (exact) mass is 512 g/mol. The second-order valence-electron chi connectivity index (χ2n) is 8.20. The van der Waals surface area contributed by atoms with E-state index in [9.17, 15) is 23.2 Å². The van der Waals surface area contributed by atoms with Crippen LogP contribution in [0.2, 0.25) is 0 Å². The van der Waals surface area contributed by atoms with Crippen molar-refractivity contribution in [3.63, 3.8) is 0 Å². The third kappa shape index (κ3) is 6.87. The highest BCUT2D eigenvalue weighted by atomic mass is 19.1. The molecule has 2 aromatic carbocycles. The van der Waals surface area contributed by atoms with Gasteiger partial charge in [-0.25, -0.2) is 18.6 Å². The van der Waals surface area contributed by atoms with Crippen LogP contribution in [0.1, 0.15) is 48.3 Å². The van der Waals surface area contributed by atoms with Crippen molar-refractivity contribution in [2.24, 2.45) is 0 Å². The molecule has 1 aromatic heterocycles. The minimum Gasteiger partial charge on any atom is -0.493 e. The number of esters is 2. The van der Waals surface area contributed by atoms with E-state index >= 15 is 0 Å². The third-order valence-electron chi connectivity index (χ3n) is 5.48. The first-order valence-electron chi connectivity index (χ1n) is 11.3. The molecule has 0 aliphatic carbocycles. The van der Waals surface area contributed by atoms with Crippen LogP contribution in [-0.4, -0.2) is 42.1 Å². The summed E-state index contributed by atoms with van der Waals surface area (Å²) in [6.07, 6.45) is 0.524. The second-order valence-corrected chi connectivity index (χ2v) is 8.20. The first-order valence-corrected chi connectivity index (χ1v) is 11.3. The van der Waals surface area contributed by atoms with Gasteiger partial charge >= 0.3 is 11.9 Å². The quantitative estimate of drug-likeness (QED) is 0.429. The predicted octanol–water partition coefficient (Wildman–Crippen LogP) is 4.18. The van der Waals surface area contributed by atoms with E-state index in [0.29, 0.717) is 11.1 Å². The minimum atomic E-state index is -1.12. The standard InChI is InChI=1S/C27H26F2N2O6/c1-15(31-26(33)24-25(37-17(3)32)22(35-4)13-14-30-24)27(34)36-16(2)23(18-5-9-20(28)10-6-18)19-7-11-21(29)12-8-19/h5-16,23H,1-4H3,(H,31,33). The molecule has 2 unspecified atom stereocenters. The number of aromatic nitrogens is 1. The summed E-state index contributed by atoms with van der Waals surface area (Å²) in [4.78, 5) is 41.2. The predicted molar refractivity (Wildman–Crippen MR) is 129 cm³/mol. The molecule has 1 amide bonds. The fraction of sp³-hybridized carbons (Fsp3) is 0.259. The zero-order valence-electron chi connectivity index (χ0n) is 20.7. The summed E-state index contributed by atoms with van der Waals surface area (Å²) in [6.45, 7) is 4.23. The van der Waals surface area contributed by atoms with Gasteiger partial charge in [0.1, 0.15) is 23.8 Å². The maximum Gasteiger partial charge on any atom is 0.328 e. The Kier molecular flexibility index (Phi) is 8.89. The van der Waals surface area contributed by atoms with E-state index in [1.807, 2.05) is 0 Å². The Morgan fingerprint density at radius 2 is 1.43 bits per heavy atom. The van der Waals surface area contributed by atoms with Crippen molar-refractivity contribution in [3.8, 4) is 11.5 Å². The minimum absolute atomic E-state index is 0.112. The van der Waals surface area contributed by atoms with Gasteiger partial charge in [0.15, 0.2) is 11.4 Å². The van der Waals surface area contributed by atoms with Gasteiger partial charge in [-0.3, -0.25) is 9.59 Å². The Balaban J connectivity index is 1.78. The third-order valence-corrected chi connectivity index (χ3v) is 5.48. The van der Waals surface area contributed by atoms with Crippen molar-refractivity contribution in [1.82, 2.24) is 10.3 Å². The van der Waals surface area contributed by atoms with E-state index in [2.05, 4.69) is 10.3 Å². The summed E-state index contributed by atoms with van der Waals surface area (Å²) in [5.41, 5.74) is 1.05. The molecule has 8 nitrogen and oxygen atoms in total. The van der Waals surface area contributed by atoms with Gasteiger partial charge < -0.3 is 19.5 Å². The normalized spacial score (nSPS) is 12.4. The molecule has 3 aromatic rings. The molecule has 0 radical (unpaired) electrons.